The first-order valence-electron chi connectivity index (χ1n) is 6.44. The molecule has 1 amide bonds. The molecule has 0 bridgehead atoms. The number of nitrogens with two attached hydrogens (primary N) is 1. The Kier molecular flexibility index (Phi) is 3.45. The molecule has 0 radical (unpaired) electrons. The van der Waals surface area contributed by atoms with Crippen LogP contribution < -0.4 is 5.73 Å². The van der Waals surface area contributed by atoms with Crippen molar-refractivity contribution in [2.24, 2.45) is 0 Å². The van der Waals surface area contributed by atoms with Crippen LogP contribution in [0.4, 0.5) is 5.69 Å². The fourth-order valence-electron chi connectivity index (χ4n) is 2.14. The van der Waals surface area contributed by atoms with Crippen LogP contribution >= 0.6 is 0 Å². The van der Waals surface area contributed by atoms with Crippen molar-refractivity contribution in [1.29, 1.82) is 0 Å². The lowest BCUT2D eigenvalue weighted by molar-refractivity contribution is 0.0767. The van der Waals surface area contributed by atoms with Crippen molar-refractivity contribution in [1.82, 2.24) is 9.47 Å². The van der Waals surface area contributed by atoms with Crippen LogP contribution in [-0.4, -0.2) is 28.5 Å². The number of anilines is 1. The van der Waals surface area contributed by atoms with Gasteiger partial charge in [0.1, 0.15) is 5.69 Å². The van der Waals surface area contributed by atoms with Crippen LogP contribution in [0.15, 0.2) is 24.4 Å². The molecule has 2 rings (SSSR count). The van der Waals surface area contributed by atoms with Crippen molar-refractivity contribution < 1.29 is 4.79 Å². The maximum Gasteiger partial charge on any atom is 0.270 e. The average Bonchev–Trinajstić information content (AvgIpc) is 3.08. The Hall–Kier alpha value is -1.71. The second-order valence-corrected chi connectivity index (χ2v) is 5.07. The zero-order valence-electron chi connectivity index (χ0n) is 11.1. The number of rotatable bonds is 5. The molecule has 1 aliphatic carbocycles. The van der Waals surface area contributed by atoms with Crippen molar-refractivity contribution >= 4 is 11.6 Å². The van der Waals surface area contributed by atoms with Crippen molar-refractivity contribution in [3.8, 4) is 0 Å². The zero-order valence-corrected chi connectivity index (χ0v) is 11.1. The topological polar surface area (TPSA) is 51.3 Å². The molecule has 0 spiro atoms. The SMILES string of the molecule is C=C(C)CN(CC)C(=O)c1cc(N)cn1C1CC1. The average molecular weight is 247 g/mol. The van der Waals surface area contributed by atoms with Gasteiger partial charge < -0.3 is 15.2 Å². The summed E-state index contributed by atoms with van der Waals surface area (Å²) in [6.45, 7) is 9.07. The second-order valence-electron chi connectivity index (χ2n) is 5.07. The van der Waals surface area contributed by atoms with Crippen molar-refractivity contribution in [3.05, 3.63) is 30.1 Å². The Morgan fingerprint density at radius 3 is 2.78 bits per heavy atom. The molecule has 98 valence electrons. The molecule has 1 saturated carbocycles. The number of hydrogen-bond donors (Lipinski definition) is 1. The molecular formula is C14H21N3O. The number of carbonyl (C=O) groups is 1. The first-order valence-corrected chi connectivity index (χ1v) is 6.44. The van der Waals surface area contributed by atoms with E-state index in [4.69, 9.17) is 5.73 Å². The van der Waals surface area contributed by atoms with E-state index < -0.39 is 0 Å². The maximum absolute atomic E-state index is 12.5. The van der Waals surface area contributed by atoms with Gasteiger partial charge in [0.05, 0.1) is 5.69 Å². The monoisotopic (exact) mass is 247 g/mol. The molecule has 2 N–H and O–H groups in total. The third-order valence-corrected chi connectivity index (χ3v) is 3.16. The molecular weight excluding hydrogens is 226 g/mol. The number of amides is 1. The number of nitrogen functional groups attached to an aromatic ring is 1. The summed E-state index contributed by atoms with van der Waals surface area (Å²) in [7, 11) is 0. The van der Waals surface area contributed by atoms with Gasteiger partial charge in [0.2, 0.25) is 0 Å². The molecule has 1 aliphatic rings. The molecule has 0 aliphatic heterocycles. The highest BCUT2D eigenvalue weighted by Gasteiger charge is 2.29. The van der Waals surface area contributed by atoms with Crippen LogP contribution in [0.3, 0.4) is 0 Å². The lowest BCUT2D eigenvalue weighted by Crippen LogP contribution is -2.33. The molecule has 4 heteroatoms. The van der Waals surface area contributed by atoms with E-state index in [1.807, 2.05) is 24.6 Å². The Labute approximate surface area is 108 Å². The van der Waals surface area contributed by atoms with Crippen molar-refractivity contribution in [2.75, 3.05) is 18.8 Å². The molecule has 0 atom stereocenters. The number of carbonyl (C=O) groups excluding carboxylic acids is 1. The molecule has 1 aromatic heterocycles. The van der Waals surface area contributed by atoms with E-state index in [1.165, 1.54) is 0 Å². The van der Waals surface area contributed by atoms with Crippen molar-refractivity contribution in [2.45, 2.75) is 32.7 Å². The quantitative estimate of drug-likeness (QED) is 0.812. The van der Waals surface area contributed by atoms with Gasteiger partial charge in [-0.15, -0.1) is 0 Å². The number of likely N-dealkylation sites (N-methyl/N-ethyl adjacent to an activating group) is 1. The van der Waals surface area contributed by atoms with Gasteiger partial charge in [-0.3, -0.25) is 4.79 Å². The maximum atomic E-state index is 12.5. The first kappa shape index (κ1) is 12.7. The van der Waals surface area contributed by atoms with Crippen LogP contribution in [0, 0.1) is 0 Å². The van der Waals surface area contributed by atoms with Gasteiger partial charge in [-0.1, -0.05) is 12.2 Å². The minimum absolute atomic E-state index is 0.0455. The predicted octanol–water partition coefficient (Wildman–Crippen LogP) is 2.44. The van der Waals surface area contributed by atoms with Gasteiger partial charge in [0.25, 0.3) is 5.91 Å². The smallest absolute Gasteiger partial charge is 0.270 e. The second kappa shape index (κ2) is 4.88. The summed E-state index contributed by atoms with van der Waals surface area (Å²) < 4.78 is 2.03. The molecule has 0 saturated heterocycles. The Balaban J connectivity index is 2.23. The fourth-order valence-corrected chi connectivity index (χ4v) is 2.14. The summed E-state index contributed by atoms with van der Waals surface area (Å²) in [5.74, 6) is 0.0455. The molecule has 18 heavy (non-hydrogen) atoms. The number of hydrogen-bond acceptors (Lipinski definition) is 2. The van der Waals surface area contributed by atoms with E-state index in [1.54, 1.807) is 11.0 Å². The normalized spacial score (nSPS) is 14.6. The molecule has 0 unspecified atom stereocenters. The largest absolute Gasteiger partial charge is 0.397 e. The van der Waals surface area contributed by atoms with Gasteiger partial charge >= 0.3 is 0 Å². The highest BCUT2D eigenvalue weighted by Crippen LogP contribution is 2.37. The summed E-state index contributed by atoms with van der Waals surface area (Å²) in [6.07, 6.45) is 4.15. The van der Waals surface area contributed by atoms with E-state index in [2.05, 4.69) is 6.58 Å². The summed E-state index contributed by atoms with van der Waals surface area (Å²) in [5, 5.41) is 0. The first-order chi connectivity index (χ1) is 8.52. The molecule has 1 aromatic rings. The van der Waals surface area contributed by atoms with Gasteiger partial charge in [-0.2, -0.15) is 0 Å². The van der Waals surface area contributed by atoms with E-state index in [-0.39, 0.29) is 5.91 Å². The van der Waals surface area contributed by atoms with Crippen LogP contribution in [0.5, 0.6) is 0 Å². The minimum Gasteiger partial charge on any atom is -0.397 e. The number of aromatic nitrogens is 1. The van der Waals surface area contributed by atoms with E-state index in [9.17, 15) is 4.79 Å². The highest BCUT2D eigenvalue weighted by molar-refractivity contribution is 5.94. The van der Waals surface area contributed by atoms with Gasteiger partial charge in [-0.05, 0) is 32.8 Å². The minimum atomic E-state index is 0.0455. The van der Waals surface area contributed by atoms with Crippen LogP contribution in [0.25, 0.3) is 0 Å². The summed E-state index contributed by atoms with van der Waals surface area (Å²) in [6, 6.07) is 2.24. The number of nitrogens with zero attached hydrogens (tertiary/aromatic N) is 2. The van der Waals surface area contributed by atoms with Gasteiger partial charge in [0, 0.05) is 25.3 Å². The summed E-state index contributed by atoms with van der Waals surface area (Å²) >= 11 is 0. The Morgan fingerprint density at radius 2 is 2.28 bits per heavy atom. The summed E-state index contributed by atoms with van der Waals surface area (Å²) in [5.41, 5.74) is 8.18. The molecule has 1 heterocycles. The Bertz CT molecular complexity index is 471. The predicted molar refractivity (Wildman–Crippen MR) is 73.5 cm³/mol. The van der Waals surface area contributed by atoms with Crippen LogP contribution in [0.1, 0.15) is 43.2 Å². The fraction of sp³-hybridized carbons (Fsp3) is 0.500. The standard InChI is InChI=1S/C14H21N3O/c1-4-16(8-10(2)3)14(18)13-7-11(15)9-17(13)12-5-6-12/h7,9,12H,2,4-6,8,15H2,1,3H3. The molecule has 1 fully saturated rings. The third kappa shape index (κ3) is 2.58. The lowest BCUT2D eigenvalue weighted by atomic mass is 10.2. The third-order valence-electron chi connectivity index (χ3n) is 3.16. The highest BCUT2D eigenvalue weighted by atomic mass is 16.2. The van der Waals surface area contributed by atoms with Gasteiger partial charge in [-0.25, -0.2) is 0 Å². The summed E-state index contributed by atoms with van der Waals surface area (Å²) in [4.78, 5) is 14.3. The van der Waals surface area contributed by atoms with Crippen LogP contribution in [0.2, 0.25) is 0 Å². The Morgan fingerprint density at radius 1 is 1.61 bits per heavy atom. The molecule has 4 nitrogen and oxygen atoms in total. The van der Waals surface area contributed by atoms with Gasteiger partial charge in [0.15, 0.2) is 0 Å². The van der Waals surface area contributed by atoms with E-state index >= 15 is 0 Å². The van der Waals surface area contributed by atoms with Crippen molar-refractivity contribution in [3.63, 3.8) is 0 Å². The molecule has 0 aromatic carbocycles. The lowest BCUT2D eigenvalue weighted by Gasteiger charge is -2.21. The van der Waals surface area contributed by atoms with E-state index in [0.717, 1.165) is 18.4 Å². The zero-order chi connectivity index (χ0) is 13.3. The van der Waals surface area contributed by atoms with Crippen LogP contribution in [-0.2, 0) is 0 Å². The van der Waals surface area contributed by atoms with E-state index in [0.29, 0.717) is 30.5 Å².